The Morgan fingerprint density at radius 3 is 2.28 bits per heavy atom. The van der Waals surface area contributed by atoms with Gasteiger partial charge in [-0.15, -0.1) is 12.4 Å². The van der Waals surface area contributed by atoms with Gasteiger partial charge < -0.3 is 11.1 Å². The molecule has 8 heteroatoms. The summed E-state index contributed by atoms with van der Waals surface area (Å²) in [5.41, 5.74) is 5.79. The number of rotatable bonds is 7. The summed E-state index contributed by atoms with van der Waals surface area (Å²) in [5, 5.41) is 2.72. The van der Waals surface area contributed by atoms with Crippen LogP contribution in [0.15, 0.2) is 29.2 Å². The first-order valence-corrected chi connectivity index (χ1v) is 9.56. The zero-order valence-electron chi connectivity index (χ0n) is 15.5. The molecule has 1 atom stereocenters. The fourth-order valence-electron chi connectivity index (χ4n) is 2.30. The van der Waals surface area contributed by atoms with Crippen LogP contribution in [0.5, 0.6) is 0 Å². The topological polar surface area (TPSA) is 101 Å². The third-order valence-corrected chi connectivity index (χ3v) is 5.08. The number of nitrogens with two attached hydrogens (primary N) is 1. The molecule has 0 saturated heterocycles. The lowest BCUT2D eigenvalue weighted by molar-refractivity contribution is -0.122. The number of amides is 1. The summed E-state index contributed by atoms with van der Waals surface area (Å²) in [4.78, 5) is 12.2. The van der Waals surface area contributed by atoms with E-state index in [0.717, 1.165) is 0 Å². The van der Waals surface area contributed by atoms with Gasteiger partial charge in [-0.2, -0.15) is 0 Å². The molecule has 0 bridgehead atoms. The molecular formula is C17H30ClN3O3S. The zero-order valence-corrected chi connectivity index (χ0v) is 17.1. The van der Waals surface area contributed by atoms with E-state index >= 15 is 0 Å². The summed E-state index contributed by atoms with van der Waals surface area (Å²) in [6, 6.07) is 6.02. The van der Waals surface area contributed by atoms with Crippen LogP contribution in [-0.2, 0) is 21.4 Å². The van der Waals surface area contributed by atoms with Crippen LogP contribution in [0.4, 0.5) is 0 Å². The molecule has 1 amide bonds. The van der Waals surface area contributed by atoms with Crippen molar-refractivity contribution >= 4 is 28.3 Å². The molecule has 144 valence electrons. The summed E-state index contributed by atoms with van der Waals surface area (Å²) in [6.45, 7) is 9.44. The number of hydrogen-bond donors (Lipinski definition) is 3. The van der Waals surface area contributed by atoms with Gasteiger partial charge in [-0.3, -0.25) is 4.79 Å². The van der Waals surface area contributed by atoms with Crippen molar-refractivity contribution < 1.29 is 13.2 Å². The number of halogens is 1. The number of nitrogens with one attached hydrogen (secondary N) is 2. The van der Waals surface area contributed by atoms with Crippen LogP contribution in [-0.4, -0.2) is 25.9 Å². The van der Waals surface area contributed by atoms with Gasteiger partial charge in [-0.25, -0.2) is 13.1 Å². The van der Waals surface area contributed by atoms with Gasteiger partial charge >= 0.3 is 0 Å². The van der Waals surface area contributed by atoms with Gasteiger partial charge in [0.25, 0.3) is 0 Å². The molecule has 0 saturated carbocycles. The molecule has 0 unspecified atom stereocenters. The predicted molar refractivity (Wildman–Crippen MR) is 103 cm³/mol. The van der Waals surface area contributed by atoms with Crippen molar-refractivity contribution in [3.8, 4) is 0 Å². The Hall–Kier alpha value is -1.15. The average molecular weight is 392 g/mol. The van der Waals surface area contributed by atoms with Crippen molar-refractivity contribution in [2.75, 3.05) is 0 Å². The van der Waals surface area contributed by atoms with Crippen LogP contribution in [0.2, 0.25) is 0 Å². The molecule has 6 nitrogen and oxygen atoms in total. The SMILES string of the molecule is CC(C)C[C@H](N)C(=O)NCc1ccccc1S(=O)(=O)NC(C)(C)C.Cl. The van der Waals surface area contributed by atoms with Crippen molar-refractivity contribution in [2.24, 2.45) is 11.7 Å². The van der Waals surface area contributed by atoms with E-state index in [2.05, 4.69) is 10.0 Å². The van der Waals surface area contributed by atoms with E-state index in [4.69, 9.17) is 5.73 Å². The van der Waals surface area contributed by atoms with Gasteiger partial charge in [0.05, 0.1) is 10.9 Å². The molecule has 25 heavy (non-hydrogen) atoms. The largest absolute Gasteiger partial charge is 0.351 e. The summed E-state index contributed by atoms with van der Waals surface area (Å²) < 4.78 is 27.7. The van der Waals surface area contributed by atoms with Crippen LogP contribution in [0.25, 0.3) is 0 Å². The zero-order chi connectivity index (χ0) is 18.5. The second-order valence-electron chi connectivity index (χ2n) is 7.42. The van der Waals surface area contributed by atoms with Crippen molar-refractivity contribution in [2.45, 2.75) is 64.1 Å². The molecule has 0 aliphatic carbocycles. The molecule has 0 aliphatic rings. The molecule has 1 aromatic carbocycles. The lowest BCUT2D eigenvalue weighted by atomic mass is 10.0. The van der Waals surface area contributed by atoms with E-state index in [-0.39, 0.29) is 29.8 Å². The van der Waals surface area contributed by atoms with Gasteiger partial charge in [-0.1, -0.05) is 32.0 Å². The monoisotopic (exact) mass is 391 g/mol. The third kappa shape index (κ3) is 8.18. The van der Waals surface area contributed by atoms with Crippen LogP contribution >= 0.6 is 12.4 Å². The summed E-state index contributed by atoms with van der Waals surface area (Å²) in [5.74, 6) is 0.0362. The quantitative estimate of drug-likeness (QED) is 0.662. The van der Waals surface area contributed by atoms with Crippen LogP contribution < -0.4 is 15.8 Å². The summed E-state index contributed by atoms with van der Waals surface area (Å²) in [6.07, 6.45) is 0.581. The first-order chi connectivity index (χ1) is 10.9. The molecule has 0 fully saturated rings. The number of carbonyl (C=O) groups excluding carboxylic acids is 1. The maximum absolute atomic E-state index is 12.5. The molecule has 0 radical (unpaired) electrons. The van der Waals surface area contributed by atoms with E-state index in [0.29, 0.717) is 17.9 Å². The van der Waals surface area contributed by atoms with Gasteiger partial charge in [0.15, 0.2) is 0 Å². The highest BCUT2D eigenvalue weighted by atomic mass is 35.5. The highest BCUT2D eigenvalue weighted by Gasteiger charge is 2.24. The van der Waals surface area contributed by atoms with Crippen molar-refractivity contribution in [3.05, 3.63) is 29.8 Å². The van der Waals surface area contributed by atoms with Crippen molar-refractivity contribution in [1.82, 2.24) is 10.0 Å². The van der Waals surface area contributed by atoms with Gasteiger partial charge in [-0.05, 0) is 44.7 Å². The van der Waals surface area contributed by atoms with E-state index in [9.17, 15) is 13.2 Å². The minimum Gasteiger partial charge on any atom is -0.351 e. The Bertz CT molecular complexity index is 670. The molecule has 0 aromatic heterocycles. The Kier molecular flexibility index (Phi) is 9.08. The lowest BCUT2D eigenvalue weighted by Gasteiger charge is -2.22. The van der Waals surface area contributed by atoms with Gasteiger partial charge in [0.1, 0.15) is 0 Å². The molecule has 0 heterocycles. The van der Waals surface area contributed by atoms with E-state index in [1.54, 1.807) is 39.0 Å². The smallest absolute Gasteiger partial charge is 0.241 e. The second-order valence-corrected chi connectivity index (χ2v) is 9.07. The van der Waals surface area contributed by atoms with E-state index < -0.39 is 21.6 Å². The Balaban J connectivity index is 0.00000576. The lowest BCUT2D eigenvalue weighted by Crippen LogP contribution is -2.42. The second kappa shape index (κ2) is 9.52. The molecule has 0 aliphatic heterocycles. The van der Waals surface area contributed by atoms with Crippen LogP contribution in [0, 0.1) is 5.92 Å². The Morgan fingerprint density at radius 1 is 1.20 bits per heavy atom. The maximum Gasteiger partial charge on any atom is 0.241 e. The van der Waals surface area contributed by atoms with Crippen molar-refractivity contribution in [1.29, 1.82) is 0 Å². The Labute approximate surface area is 157 Å². The van der Waals surface area contributed by atoms with Gasteiger partial charge in [0.2, 0.25) is 15.9 Å². The first kappa shape index (κ1) is 23.9. The summed E-state index contributed by atoms with van der Waals surface area (Å²) in [7, 11) is -3.67. The number of carbonyl (C=O) groups is 1. The maximum atomic E-state index is 12.5. The van der Waals surface area contributed by atoms with E-state index in [1.807, 2.05) is 13.8 Å². The van der Waals surface area contributed by atoms with Gasteiger partial charge in [0, 0.05) is 12.1 Å². The normalized spacial score (nSPS) is 13.2. The Morgan fingerprint density at radius 2 is 1.76 bits per heavy atom. The van der Waals surface area contributed by atoms with Crippen molar-refractivity contribution in [3.63, 3.8) is 0 Å². The molecule has 1 aromatic rings. The standard InChI is InChI=1S/C17H29N3O3S.ClH/c1-12(2)10-14(18)16(21)19-11-13-8-6-7-9-15(13)24(22,23)20-17(3,4)5;/h6-9,12,14,20H,10-11,18H2,1-5H3,(H,19,21);1H/t14-;/m0./s1. The third-order valence-electron chi connectivity index (χ3n) is 3.22. The summed E-state index contributed by atoms with van der Waals surface area (Å²) >= 11 is 0. The van der Waals surface area contributed by atoms with E-state index in [1.165, 1.54) is 6.07 Å². The molecule has 1 rings (SSSR count). The highest BCUT2D eigenvalue weighted by molar-refractivity contribution is 7.89. The highest BCUT2D eigenvalue weighted by Crippen LogP contribution is 2.17. The number of hydrogen-bond acceptors (Lipinski definition) is 4. The fraction of sp³-hybridized carbons (Fsp3) is 0.588. The molecule has 4 N–H and O–H groups in total. The fourth-order valence-corrected chi connectivity index (χ4v) is 3.96. The minimum atomic E-state index is -3.67. The minimum absolute atomic E-state index is 0. The first-order valence-electron chi connectivity index (χ1n) is 8.07. The predicted octanol–water partition coefficient (Wildman–Crippen LogP) is 2.17. The molecular weight excluding hydrogens is 362 g/mol. The molecule has 0 spiro atoms. The van der Waals surface area contributed by atoms with Crippen LogP contribution in [0.1, 0.15) is 46.6 Å². The number of sulfonamides is 1. The van der Waals surface area contributed by atoms with Crippen LogP contribution in [0.3, 0.4) is 0 Å². The average Bonchev–Trinajstić information content (AvgIpc) is 2.41. The number of benzene rings is 1.